The van der Waals surface area contributed by atoms with Crippen LogP contribution in [0, 0.1) is 0 Å². The van der Waals surface area contributed by atoms with Gasteiger partial charge in [-0.3, -0.25) is 4.79 Å². The third-order valence-electron chi connectivity index (χ3n) is 5.77. The first-order valence-corrected chi connectivity index (χ1v) is 10.4. The van der Waals surface area contributed by atoms with Crippen LogP contribution in [0.2, 0.25) is 0 Å². The average molecular weight is 411 g/mol. The lowest BCUT2D eigenvalue weighted by Crippen LogP contribution is -2.06. The average Bonchev–Trinajstić information content (AvgIpc) is 2.81. The van der Waals surface area contributed by atoms with Gasteiger partial charge in [0.25, 0.3) is 0 Å². The van der Waals surface area contributed by atoms with Gasteiger partial charge in [0.2, 0.25) is 0 Å². The summed E-state index contributed by atoms with van der Waals surface area (Å²) in [6.07, 6.45) is 3.54. The van der Waals surface area contributed by atoms with Crippen molar-refractivity contribution >= 4 is 27.3 Å². The molecule has 0 aliphatic carbocycles. The molecule has 0 radical (unpaired) electrons. The molecule has 0 saturated heterocycles. The fraction of sp³-hybridized carbons (Fsp3) is 0.179. The number of Topliss-reactive ketones (excluding diaryl/α,β-unsaturated/α-hetero) is 1. The van der Waals surface area contributed by atoms with Crippen LogP contribution in [0.4, 0.5) is 0 Å². The molecule has 31 heavy (non-hydrogen) atoms. The number of benzene rings is 4. The number of methoxy groups -OCH3 is 2. The molecule has 156 valence electrons. The van der Waals surface area contributed by atoms with Crippen molar-refractivity contribution in [2.45, 2.75) is 19.3 Å². The molecule has 0 amide bonds. The maximum atomic E-state index is 13.5. The normalized spacial score (nSPS) is 10.9. The second-order valence-corrected chi connectivity index (χ2v) is 7.55. The first kappa shape index (κ1) is 20.7. The van der Waals surface area contributed by atoms with Crippen molar-refractivity contribution in [3.63, 3.8) is 0 Å². The molecule has 0 bridgehead atoms. The van der Waals surface area contributed by atoms with E-state index in [-0.39, 0.29) is 5.78 Å². The van der Waals surface area contributed by atoms with Gasteiger partial charge in [-0.2, -0.15) is 0 Å². The van der Waals surface area contributed by atoms with Crippen LogP contribution in [0.3, 0.4) is 0 Å². The van der Waals surface area contributed by atoms with Crippen molar-refractivity contribution in [3.05, 3.63) is 96.1 Å². The number of allylic oxidation sites excluding steroid dienone is 1. The number of carbonyl (C=O) groups excluding carboxylic acids is 1. The minimum atomic E-state index is 0.146. The molecule has 3 nitrogen and oxygen atoms in total. The Balaban J connectivity index is 1.73. The summed E-state index contributed by atoms with van der Waals surface area (Å²) in [6.45, 7) is 3.88. The molecule has 3 heteroatoms. The Bertz CT molecular complexity index is 1220. The summed E-state index contributed by atoms with van der Waals surface area (Å²) in [5.74, 6) is 1.55. The lowest BCUT2D eigenvalue weighted by molar-refractivity contribution is 0.0986. The predicted octanol–water partition coefficient (Wildman–Crippen LogP) is 6.55. The van der Waals surface area contributed by atoms with Crippen molar-refractivity contribution in [1.29, 1.82) is 0 Å². The van der Waals surface area contributed by atoms with Crippen LogP contribution in [-0.4, -0.2) is 20.0 Å². The molecule has 4 aromatic rings. The van der Waals surface area contributed by atoms with Gasteiger partial charge in [-0.15, -0.1) is 6.58 Å². The van der Waals surface area contributed by atoms with Gasteiger partial charge in [-0.25, -0.2) is 0 Å². The maximum absolute atomic E-state index is 13.5. The van der Waals surface area contributed by atoms with Crippen molar-refractivity contribution in [2.24, 2.45) is 0 Å². The number of carbonyl (C=O) groups is 1. The Hall–Kier alpha value is -3.59. The smallest absolute Gasteiger partial charge is 0.164 e. The van der Waals surface area contributed by atoms with Gasteiger partial charge >= 0.3 is 0 Å². The van der Waals surface area contributed by atoms with Crippen molar-refractivity contribution in [2.75, 3.05) is 14.2 Å². The van der Waals surface area contributed by atoms with E-state index in [0.717, 1.165) is 38.2 Å². The molecule has 0 atom stereocenters. The monoisotopic (exact) mass is 410 g/mol. The van der Waals surface area contributed by atoms with Gasteiger partial charge in [-0.05, 0) is 52.1 Å². The third-order valence-corrected chi connectivity index (χ3v) is 5.77. The molecule has 0 heterocycles. The zero-order chi connectivity index (χ0) is 21.8. The van der Waals surface area contributed by atoms with Gasteiger partial charge in [0, 0.05) is 17.5 Å². The van der Waals surface area contributed by atoms with Crippen LogP contribution in [-0.2, 0) is 12.8 Å². The van der Waals surface area contributed by atoms with E-state index in [9.17, 15) is 4.79 Å². The predicted molar refractivity (Wildman–Crippen MR) is 128 cm³/mol. The van der Waals surface area contributed by atoms with E-state index in [1.54, 1.807) is 14.2 Å². The number of hydrogen-bond acceptors (Lipinski definition) is 3. The summed E-state index contributed by atoms with van der Waals surface area (Å²) < 4.78 is 11.1. The molecule has 0 fully saturated rings. The topological polar surface area (TPSA) is 35.5 Å². The summed E-state index contributed by atoms with van der Waals surface area (Å²) in [7, 11) is 3.27. The summed E-state index contributed by atoms with van der Waals surface area (Å²) in [4.78, 5) is 13.5. The molecule has 4 aromatic carbocycles. The van der Waals surface area contributed by atoms with Gasteiger partial charge in [-0.1, -0.05) is 60.7 Å². The van der Waals surface area contributed by atoms with E-state index in [1.807, 2.05) is 54.6 Å². The van der Waals surface area contributed by atoms with E-state index < -0.39 is 0 Å². The van der Waals surface area contributed by atoms with E-state index in [0.29, 0.717) is 30.8 Å². The van der Waals surface area contributed by atoms with Crippen LogP contribution in [0.25, 0.3) is 21.5 Å². The number of aryl methyl sites for hydroxylation is 1. The molecule has 0 aliphatic rings. The highest BCUT2D eigenvalue weighted by Crippen LogP contribution is 2.35. The van der Waals surface area contributed by atoms with Gasteiger partial charge in [0.05, 0.1) is 14.2 Å². The first-order chi connectivity index (χ1) is 15.2. The Kier molecular flexibility index (Phi) is 6.03. The van der Waals surface area contributed by atoms with E-state index in [4.69, 9.17) is 9.47 Å². The van der Waals surface area contributed by atoms with Gasteiger partial charge < -0.3 is 9.47 Å². The molecule has 0 unspecified atom stereocenters. The number of rotatable bonds is 8. The fourth-order valence-electron chi connectivity index (χ4n) is 4.32. The van der Waals surface area contributed by atoms with Gasteiger partial charge in [0.15, 0.2) is 17.3 Å². The summed E-state index contributed by atoms with van der Waals surface area (Å²) in [5.41, 5.74) is 2.90. The van der Waals surface area contributed by atoms with Crippen LogP contribution in [0.15, 0.2) is 79.4 Å². The van der Waals surface area contributed by atoms with Crippen LogP contribution >= 0.6 is 0 Å². The zero-order valence-electron chi connectivity index (χ0n) is 18.0. The van der Waals surface area contributed by atoms with Crippen molar-refractivity contribution in [3.8, 4) is 11.5 Å². The molecule has 0 N–H and O–H groups in total. The van der Waals surface area contributed by atoms with Crippen molar-refractivity contribution < 1.29 is 14.3 Å². The van der Waals surface area contributed by atoms with Crippen LogP contribution < -0.4 is 9.47 Å². The Morgan fingerprint density at radius 3 is 2.13 bits per heavy atom. The van der Waals surface area contributed by atoms with E-state index >= 15 is 0 Å². The van der Waals surface area contributed by atoms with Crippen LogP contribution in [0.1, 0.15) is 27.9 Å². The van der Waals surface area contributed by atoms with E-state index in [2.05, 4.69) is 24.8 Å². The minimum Gasteiger partial charge on any atom is -0.493 e. The van der Waals surface area contributed by atoms with Gasteiger partial charge in [0.1, 0.15) is 0 Å². The molecule has 0 spiro atoms. The minimum absolute atomic E-state index is 0.146. The number of ketones is 1. The number of ether oxygens (including phenoxy) is 2. The summed E-state index contributed by atoms with van der Waals surface area (Å²) in [6, 6.07) is 22.3. The highest BCUT2D eigenvalue weighted by molar-refractivity contribution is 6.18. The third kappa shape index (κ3) is 3.91. The standard InChI is InChI=1S/C28H26O3/c1-4-9-24-19(15-17-26(30-2)28(24)31-3)14-16-25(29)27-22-12-7-5-10-20(22)18-21-11-6-8-13-23(21)27/h4-8,10-13,15,17-18H,1,9,14,16H2,2-3H3. The highest BCUT2D eigenvalue weighted by atomic mass is 16.5. The zero-order valence-corrected chi connectivity index (χ0v) is 18.0. The lowest BCUT2D eigenvalue weighted by atomic mass is 9.91. The Morgan fingerprint density at radius 1 is 0.903 bits per heavy atom. The quantitative estimate of drug-likeness (QED) is 0.188. The Morgan fingerprint density at radius 2 is 1.55 bits per heavy atom. The Labute approximate surface area is 182 Å². The molecular formula is C28H26O3. The molecule has 4 rings (SSSR count). The molecule has 0 aliphatic heterocycles. The maximum Gasteiger partial charge on any atom is 0.164 e. The molecule has 0 saturated carbocycles. The molecular weight excluding hydrogens is 384 g/mol. The highest BCUT2D eigenvalue weighted by Gasteiger charge is 2.18. The van der Waals surface area contributed by atoms with Crippen molar-refractivity contribution in [1.82, 2.24) is 0 Å². The fourth-order valence-corrected chi connectivity index (χ4v) is 4.32. The van der Waals surface area contributed by atoms with E-state index in [1.165, 1.54) is 0 Å². The second-order valence-electron chi connectivity index (χ2n) is 7.55. The second kappa shape index (κ2) is 9.05. The SMILES string of the molecule is C=CCc1c(CCC(=O)c2c3ccccc3cc3ccccc23)ccc(OC)c1OC. The number of fused-ring (bicyclic) bond motifs is 2. The number of hydrogen-bond donors (Lipinski definition) is 0. The summed E-state index contributed by atoms with van der Waals surface area (Å²) in [5, 5.41) is 4.18. The largest absolute Gasteiger partial charge is 0.493 e. The lowest BCUT2D eigenvalue weighted by Gasteiger charge is -2.16. The van der Waals surface area contributed by atoms with Crippen LogP contribution in [0.5, 0.6) is 11.5 Å². The first-order valence-electron chi connectivity index (χ1n) is 10.4. The molecule has 0 aromatic heterocycles. The summed E-state index contributed by atoms with van der Waals surface area (Å²) >= 11 is 0.